The zero-order valence-corrected chi connectivity index (χ0v) is 27.9. The Bertz CT molecular complexity index is 729. The second-order valence-electron chi connectivity index (χ2n) is 14.1. The van der Waals surface area contributed by atoms with Crippen molar-refractivity contribution in [2.75, 3.05) is 5.33 Å². The third-order valence-corrected chi connectivity index (χ3v) is 19.0. The lowest BCUT2D eigenvalue weighted by Gasteiger charge is -2.44. The minimum Gasteiger partial charge on any atom is -0.411 e. The van der Waals surface area contributed by atoms with Crippen LogP contribution in [0.2, 0.25) is 36.3 Å². The summed E-state index contributed by atoms with van der Waals surface area (Å²) in [7, 11) is -3.66. The predicted molar refractivity (Wildman–Crippen MR) is 159 cm³/mol. The minimum absolute atomic E-state index is 0.0703. The van der Waals surface area contributed by atoms with Crippen molar-refractivity contribution in [1.82, 2.24) is 0 Å². The molecular weight excluding hydrogens is 516 g/mol. The number of allylic oxidation sites excluding steroid dienone is 2. The highest BCUT2D eigenvalue weighted by molar-refractivity contribution is 9.09. The molecule has 4 atom stereocenters. The van der Waals surface area contributed by atoms with Crippen LogP contribution in [0.15, 0.2) is 23.8 Å². The van der Waals surface area contributed by atoms with Crippen molar-refractivity contribution in [1.29, 1.82) is 0 Å². The number of unbranched alkanes of at least 4 members (excludes halogenated alkanes) is 2. The Morgan fingerprint density at radius 2 is 1.68 bits per heavy atom. The summed E-state index contributed by atoms with van der Waals surface area (Å²) in [6.45, 7) is 26.0. The van der Waals surface area contributed by atoms with Gasteiger partial charge in [0.2, 0.25) is 0 Å². The van der Waals surface area contributed by atoms with Crippen LogP contribution >= 0.6 is 15.9 Å². The Kier molecular flexibility index (Phi) is 10.2. The molecule has 0 heterocycles. The molecule has 34 heavy (non-hydrogen) atoms. The molecule has 1 saturated carbocycles. The van der Waals surface area contributed by atoms with E-state index in [1.807, 2.05) is 0 Å². The van der Waals surface area contributed by atoms with Crippen molar-refractivity contribution >= 4 is 32.6 Å². The first-order chi connectivity index (χ1) is 15.5. The zero-order valence-electron chi connectivity index (χ0n) is 24.3. The monoisotopic (exact) mass is 570 g/mol. The maximum absolute atomic E-state index is 7.23. The van der Waals surface area contributed by atoms with E-state index in [1.54, 1.807) is 0 Å². The van der Waals surface area contributed by atoms with Gasteiger partial charge in [0.25, 0.3) is 0 Å². The summed E-state index contributed by atoms with van der Waals surface area (Å²) >= 11 is 3.75. The SMILES string of the molecule is CCCCCC(C=CC1CCC2(O[Si](C)(C)C(C)(C)C)C=C(CBr)CC12)O[Si](C)(C)C(C)(C)C. The molecule has 198 valence electrons. The van der Waals surface area contributed by atoms with E-state index in [0.717, 1.165) is 18.2 Å². The molecule has 0 amide bonds. The molecule has 0 aromatic heterocycles. The summed E-state index contributed by atoms with van der Waals surface area (Å²) in [5.41, 5.74) is 1.46. The quantitative estimate of drug-likeness (QED) is 0.106. The fraction of sp³-hybridized carbons (Fsp3) is 0.862. The number of halogens is 1. The van der Waals surface area contributed by atoms with Gasteiger partial charge in [0, 0.05) is 11.2 Å². The summed E-state index contributed by atoms with van der Waals surface area (Å²) in [5, 5.41) is 1.44. The van der Waals surface area contributed by atoms with Crippen LogP contribution in [0.5, 0.6) is 0 Å². The van der Waals surface area contributed by atoms with Crippen molar-refractivity contribution in [3.8, 4) is 0 Å². The van der Waals surface area contributed by atoms with Crippen LogP contribution in [0.4, 0.5) is 0 Å². The van der Waals surface area contributed by atoms with Gasteiger partial charge in [-0.15, -0.1) is 0 Å². The van der Waals surface area contributed by atoms with E-state index in [-0.39, 0.29) is 21.8 Å². The lowest BCUT2D eigenvalue weighted by atomic mass is 9.87. The van der Waals surface area contributed by atoms with E-state index < -0.39 is 16.6 Å². The van der Waals surface area contributed by atoms with Gasteiger partial charge in [-0.3, -0.25) is 0 Å². The van der Waals surface area contributed by atoms with Crippen LogP contribution in [0.25, 0.3) is 0 Å². The molecule has 2 aliphatic carbocycles. The molecule has 5 heteroatoms. The second-order valence-corrected chi connectivity index (χ2v) is 24.1. The Labute approximate surface area is 223 Å². The second kappa shape index (κ2) is 11.4. The standard InChI is InChI=1S/C29H55BrO2Si2/c1-12-13-14-15-25(31-33(8,9)27(2,3)4)17-16-24-18-19-29(21-23(22-30)20-26(24)29)32-34(10,11)28(5,6)7/h16-17,21,24-26H,12-15,18-20,22H2,1-11H3. The highest BCUT2D eigenvalue weighted by Crippen LogP contribution is 2.55. The first kappa shape index (κ1) is 30.5. The third kappa shape index (κ3) is 7.21. The van der Waals surface area contributed by atoms with Gasteiger partial charge >= 0.3 is 0 Å². The Morgan fingerprint density at radius 1 is 1.06 bits per heavy atom. The first-order valence-corrected chi connectivity index (χ1v) is 20.7. The van der Waals surface area contributed by atoms with E-state index in [4.69, 9.17) is 8.85 Å². The maximum Gasteiger partial charge on any atom is 0.193 e. The summed E-state index contributed by atoms with van der Waals surface area (Å²) in [6.07, 6.45) is 16.2. The van der Waals surface area contributed by atoms with Gasteiger partial charge in [0.05, 0.1) is 11.7 Å². The number of hydrogen-bond acceptors (Lipinski definition) is 2. The van der Waals surface area contributed by atoms with Crippen LogP contribution in [-0.4, -0.2) is 33.7 Å². The van der Waals surface area contributed by atoms with Gasteiger partial charge in [0.15, 0.2) is 16.6 Å². The van der Waals surface area contributed by atoms with Gasteiger partial charge in [-0.1, -0.05) is 107 Å². The molecule has 0 spiro atoms. The van der Waals surface area contributed by atoms with Gasteiger partial charge in [0.1, 0.15) is 0 Å². The Balaban J connectivity index is 2.24. The molecule has 2 aliphatic rings. The van der Waals surface area contributed by atoms with Crippen molar-refractivity contribution in [3.05, 3.63) is 23.8 Å². The summed E-state index contributed by atoms with van der Waals surface area (Å²) in [5.74, 6) is 1.14. The zero-order chi connectivity index (χ0) is 26.0. The molecule has 0 saturated heterocycles. The number of rotatable bonds is 11. The fourth-order valence-electron chi connectivity index (χ4n) is 5.05. The molecule has 0 N–H and O–H groups in total. The van der Waals surface area contributed by atoms with Crippen molar-refractivity contribution in [2.24, 2.45) is 11.8 Å². The van der Waals surface area contributed by atoms with Crippen molar-refractivity contribution < 1.29 is 8.85 Å². The minimum atomic E-state index is -1.86. The van der Waals surface area contributed by atoms with E-state index in [2.05, 4.69) is 109 Å². The van der Waals surface area contributed by atoms with Crippen LogP contribution in [0.3, 0.4) is 0 Å². The number of fused-ring (bicyclic) bond motifs is 1. The van der Waals surface area contributed by atoms with E-state index in [9.17, 15) is 0 Å². The van der Waals surface area contributed by atoms with E-state index >= 15 is 0 Å². The summed E-state index contributed by atoms with van der Waals surface area (Å²) in [4.78, 5) is 0. The van der Waals surface area contributed by atoms with E-state index in [1.165, 1.54) is 37.7 Å². The molecular formula is C29H55BrO2Si2. The summed E-state index contributed by atoms with van der Waals surface area (Å²) < 4.78 is 14.2. The molecule has 0 aliphatic heterocycles. The summed E-state index contributed by atoms with van der Waals surface area (Å²) in [6, 6.07) is 0. The average molecular weight is 572 g/mol. The highest BCUT2D eigenvalue weighted by atomic mass is 79.9. The number of alkyl halides is 1. The van der Waals surface area contributed by atoms with Crippen molar-refractivity contribution in [2.45, 2.75) is 141 Å². The molecule has 0 aromatic carbocycles. The van der Waals surface area contributed by atoms with Crippen LogP contribution in [0, 0.1) is 11.8 Å². The van der Waals surface area contributed by atoms with Crippen LogP contribution in [0.1, 0.15) is 93.4 Å². The number of hydrogen-bond donors (Lipinski definition) is 0. The molecule has 0 aromatic rings. The predicted octanol–water partition coefficient (Wildman–Crippen LogP) is 10.0. The van der Waals surface area contributed by atoms with Gasteiger partial charge in [-0.25, -0.2) is 0 Å². The van der Waals surface area contributed by atoms with Gasteiger partial charge in [-0.05, 0) is 67.9 Å². The first-order valence-electron chi connectivity index (χ1n) is 13.8. The molecule has 0 bridgehead atoms. The van der Waals surface area contributed by atoms with Crippen LogP contribution in [-0.2, 0) is 8.85 Å². The smallest absolute Gasteiger partial charge is 0.193 e. The normalized spacial score (nSPS) is 27.4. The Hall–Kier alpha value is 0.314. The topological polar surface area (TPSA) is 18.5 Å². The van der Waals surface area contributed by atoms with Crippen LogP contribution < -0.4 is 0 Å². The van der Waals surface area contributed by atoms with Gasteiger partial charge < -0.3 is 8.85 Å². The molecule has 4 unspecified atom stereocenters. The molecule has 2 nitrogen and oxygen atoms in total. The average Bonchev–Trinajstić information content (AvgIpc) is 3.18. The lowest BCUT2D eigenvalue weighted by molar-refractivity contribution is 0.0668. The van der Waals surface area contributed by atoms with Crippen molar-refractivity contribution in [3.63, 3.8) is 0 Å². The maximum atomic E-state index is 7.23. The fourth-order valence-corrected chi connectivity index (χ4v) is 8.32. The molecule has 1 fully saturated rings. The lowest BCUT2D eigenvalue weighted by Crippen LogP contribution is -2.50. The highest BCUT2D eigenvalue weighted by Gasteiger charge is 2.54. The van der Waals surface area contributed by atoms with Gasteiger partial charge in [-0.2, -0.15) is 0 Å². The molecule has 2 rings (SSSR count). The largest absolute Gasteiger partial charge is 0.411 e. The van der Waals surface area contributed by atoms with E-state index in [0.29, 0.717) is 11.8 Å². The Morgan fingerprint density at radius 3 is 2.21 bits per heavy atom. The third-order valence-electron chi connectivity index (χ3n) is 9.28. The molecule has 0 radical (unpaired) electrons.